The third-order valence-corrected chi connectivity index (χ3v) is 6.60. The van der Waals surface area contributed by atoms with E-state index in [1.54, 1.807) is 19.1 Å². The van der Waals surface area contributed by atoms with Crippen LogP contribution in [0.5, 0.6) is 0 Å². The maximum absolute atomic E-state index is 12.4. The molecule has 2 aromatic rings. The second-order valence-corrected chi connectivity index (χ2v) is 8.16. The molecule has 0 atom stereocenters. The van der Waals surface area contributed by atoms with Crippen molar-refractivity contribution in [2.24, 2.45) is 5.73 Å². The Hall–Kier alpha value is -0.890. The highest BCUT2D eigenvalue weighted by molar-refractivity contribution is 9.10. The summed E-state index contributed by atoms with van der Waals surface area (Å²) < 4.78 is 28.3. The second-order valence-electron chi connectivity index (χ2n) is 4.38. The molecule has 0 spiro atoms. The molecule has 7 heteroatoms. The number of hydrogen-bond acceptors (Lipinski definition) is 4. The fourth-order valence-electron chi connectivity index (χ4n) is 1.82. The van der Waals surface area contributed by atoms with Crippen LogP contribution in [-0.4, -0.2) is 8.42 Å². The molecule has 1 aromatic heterocycles. The van der Waals surface area contributed by atoms with Crippen LogP contribution in [0.3, 0.4) is 0 Å². The minimum Gasteiger partial charge on any atom is -0.326 e. The number of thiophene rings is 1. The molecule has 108 valence electrons. The van der Waals surface area contributed by atoms with Gasteiger partial charge in [0.05, 0.1) is 5.69 Å². The van der Waals surface area contributed by atoms with Gasteiger partial charge in [-0.15, -0.1) is 11.3 Å². The Bertz CT molecular complexity index is 739. The molecule has 0 radical (unpaired) electrons. The van der Waals surface area contributed by atoms with Gasteiger partial charge in [0.15, 0.2) is 0 Å². The van der Waals surface area contributed by atoms with Crippen LogP contribution in [0.2, 0.25) is 0 Å². The molecular weight excluding hydrogens is 360 g/mol. The van der Waals surface area contributed by atoms with E-state index in [0.29, 0.717) is 12.2 Å². The number of nitrogens with one attached hydrogen (secondary N) is 1. The number of anilines is 1. The smallest absolute Gasteiger partial charge is 0.263 e. The zero-order valence-corrected chi connectivity index (χ0v) is 14.3. The Balaban J connectivity index is 2.40. The van der Waals surface area contributed by atoms with Gasteiger partial charge in [0, 0.05) is 20.8 Å². The highest BCUT2D eigenvalue weighted by atomic mass is 79.9. The lowest BCUT2D eigenvalue weighted by Crippen LogP contribution is -2.13. The van der Waals surface area contributed by atoms with Gasteiger partial charge >= 0.3 is 0 Å². The lowest BCUT2D eigenvalue weighted by molar-refractivity contribution is 0.601. The highest BCUT2D eigenvalue weighted by Crippen LogP contribution is 2.31. The largest absolute Gasteiger partial charge is 0.326 e. The monoisotopic (exact) mass is 374 g/mol. The van der Waals surface area contributed by atoms with Gasteiger partial charge in [0.25, 0.3) is 10.0 Å². The number of sulfonamides is 1. The van der Waals surface area contributed by atoms with Crippen molar-refractivity contribution >= 4 is 43.0 Å². The summed E-state index contributed by atoms with van der Waals surface area (Å²) in [5, 5.41) is 0. The molecule has 20 heavy (non-hydrogen) atoms. The average molecular weight is 375 g/mol. The van der Waals surface area contributed by atoms with Crippen molar-refractivity contribution in [3.05, 3.63) is 44.1 Å². The van der Waals surface area contributed by atoms with Crippen molar-refractivity contribution < 1.29 is 8.42 Å². The van der Waals surface area contributed by atoms with Gasteiger partial charge < -0.3 is 5.73 Å². The summed E-state index contributed by atoms with van der Waals surface area (Å²) in [6, 6.07) is 7.07. The Morgan fingerprint density at radius 3 is 2.65 bits per heavy atom. The number of nitrogens with two attached hydrogens (primary N) is 1. The van der Waals surface area contributed by atoms with Gasteiger partial charge in [-0.1, -0.05) is 12.1 Å². The van der Waals surface area contributed by atoms with E-state index in [0.717, 1.165) is 19.8 Å². The minimum atomic E-state index is -3.60. The van der Waals surface area contributed by atoms with Gasteiger partial charge in [-0.3, -0.25) is 4.72 Å². The van der Waals surface area contributed by atoms with Crippen LogP contribution in [-0.2, 0) is 16.6 Å². The molecule has 4 nitrogen and oxygen atoms in total. The van der Waals surface area contributed by atoms with Crippen molar-refractivity contribution in [2.45, 2.75) is 25.3 Å². The summed E-state index contributed by atoms with van der Waals surface area (Å²) in [5.41, 5.74) is 7.06. The van der Waals surface area contributed by atoms with Gasteiger partial charge in [-0.2, -0.15) is 0 Å². The summed E-state index contributed by atoms with van der Waals surface area (Å²) in [7, 11) is -3.60. The quantitative estimate of drug-likeness (QED) is 0.861. The molecule has 0 saturated heterocycles. The fourth-order valence-corrected chi connectivity index (χ4v) is 4.90. The standard InChI is InChI=1S/C13H15BrN2O2S2/c1-8-4-3-5-11(13(8)14)16-20(17,18)12-6-10(7-15)19-9(12)2/h3-6,16H,7,15H2,1-2H3. The molecule has 0 aliphatic rings. The molecule has 0 aliphatic carbocycles. The number of halogens is 1. The lowest BCUT2D eigenvalue weighted by Gasteiger charge is -2.10. The van der Waals surface area contributed by atoms with E-state index < -0.39 is 10.0 Å². The van der Waals surface area contributed by atoms with Crippen LogP contribution in [0.4, 0.5) is 5.69 Å². The minimum absolute atomic E-state index is 0.288. The second kappa shape index (κ2) is 5.85. The molecule has 0 bridgehead atoms. The molecule has 0 unspecified atom stereocenters. The van der Waals surface area contributed by atoms with E-state index in [4.69, 9.17) is 5.73 Å². The first-order valence-electron chi connectivity index (χ1n) is 5.92. The zero-order chi connectivity index (χ0) is 14.9. The van der Waals surface area contributed by atoms with E-state index in [9.17, 15) is 8.42 Å². The van der Waals surface area contributed by atoms with Crippen molar-refractivity contribution in [3.8, 4) is 0 Å². The third-order valence-electron chi connectivity index (χ3n) is 2.85. The van der Waals surface area contributed by atoms with Crippen molar-refractivity contribution in [1.29, 1.82) is 0 Å². The molecule has 2 rings (SSSR count). The topological polar surface area (TPSA) is 72.2 Å². The first kappa shape index (κ1) is 15.5. The van der Waals surface area contributed by atoms with Gasteiger partial charge in [0.2, 0.25) is 0 Å². The van der Waals surface area contributed by atoms with Crippen LogP contribution in [0.1, 0.15) is 15.3 Å². The number of benzene rings is 1. The summed E-state index contributed by atoms with van der Waals surface area (Å²) in [5.74, 6) is 0. The van der Waals surface area contributed by atoms with E-state index in [-0.39, 0.29) is 4.90 Å². The van der Waals surface area contributed by atoms with E-state index in [1.165, 1.54) is 11.3 Å². The molecule has 0 aliphatic heterocycles. The van der Waals surface area contributed by atoms with Crippen molar-refractivity contribution in [3.63, 3.8) is 0 Å². The van der Waals surface area contributed by atoms with Crippen LogP contribution in [0, 0.1) is 13.8 Å². The molecular formula is C13H15BrN2O2S2. The first-order valence-corrected chi connectivity index (χ1v) is 9.01. The van der Waals surface area contributed by atoms with E-state index in [2.05, 4.69) is 20.7 Å². The lowest BCUT2D eigenvalue weighted by atomic mass is 10.2. The van der Waals surface area contributed by atoms with E-state index in [1.807, 2.05) is 19.1 Å². The summed E-state index contributed by atoms with van der Waals surface area (Å²) >= 11 is 4.80. The maximum Gasteiger partial charge on any atom is 0.263 e. The highest BCUT2D eigenvalue weighted by Gasteiger charge is 2.20. The Kier molecular flexibility index (Phi) is 4.53. The summed E-state index contributed by atoms with van der Waals surface area (Å²) in [6.45, 7) is 4.03. The Morgan fingerprint density at radius 1 is 1.35 bits per heavy atom. The van der Waals surface area contributed by atoms with Crippen LogP contribution < -0.4 is 10.5 Å². The summed E-state index contributed by atoms with van der Waals surface area (Å²) in [4.78, 5) is 1.88. The van der Waals surface area contributed by atoms with E-state index >= 15 is 0 Å². The van der Waals surface area contributed by atoms with Crippen molar-refractivity contribution in [2.75, 3.05) is 4.72 Å². The predicted octanol–water partition coefficient (Wildman–Crippen LogP) is 3.39. The number of aryl methyl sites for hydroxylation is 2. The Labute approximate surface area is 131 Å². The predicted molar refractivity (Wildman–Crippen MR) is 86.6 cm³/mol. The van der Waals surface area contributed by atoms with Gasteiger partial charge in [0.1, 0.15) is 4.90 Å². The number of rotatable bonds is 4. The molecule has 1 heterocycles. The van der Waals surface area contributed by atoms with Crippen LogP contribution in [0.25, 0.3) is 0 Å². The normalized spacial score (nSPS) is 11.6. The molecule has 0 saturated carbocycles. The fraction of sp³-hybridized carbons (Fsp3) is 0.231. The van der Waals surface area contributed by atoms with Gasteiger partial charge in [-0.25, -0.2) is 8.42 Å². The number of hydrogen-bond donors (Lipinski definition) is 2. The molecule has 1 aromatic carbocycles. The van der Waals surface area contributed by atoms with Crippen molar-refractivity contribution in [1.82, 2.24) is 0 Å². The molecule has 3 N–H and O–H groups in total. The first-order chi connectivity index (χ1) is 9.35. The van der Waals surface area contributed by atoms with Crippen LogP contribution >= 0.6 is 27.3 Å². The molecule has 0 amide bonds. The summed E-state index contributed by atoms with van der Waals surface area (Å²) in [6.07, 6.45) is 0. The van der Waals surface area contributed by atoms with Gasteiger partial charge in [-0.05, 0) is 47.5 Å². The third kappa shape index (κ3) is 3.06. The average Bonchev–Trinajstić information content (AvgIpc) is 2.77. The maximum atomic E-state index is 12.4. The molecule has 0 fully saturated rings. The zero-order valence-electron chi connectivity index (χ0n) is 11.1. The SMILES string of the molecule is Cc1cccc(NS(=O)(=O)c2cc(CN)sc2C)c1Br. The Morgan fingerprint density at radius 2 is 2.05 bits per heavy atom. The van der Waals surface area contributed by atoms with Crippen LogP contribution in [0.15, 0.2) is 33.6 Å².